The van der Waals surface area contributed by atoms with Crippen LogP contribution in [0.15, 0.2) is 64.4 Å². The number of nitrogens with zero attached hydrogens (tertiary/aromatic N) is 2. The first kappa shape index (κ1) is 19.4. The molecule has 0 saturated heterocycles. The van der Waals surface area contributed by atoms with E-state index in [4.69, 9.17) is 23.2 Å². The molecule has 0 aliphatic carbocycles. The van der Waals surface area contributed by atoms with Gasteiger partial charge >= 0.3 is 0 Å². The van der Waals surface area contributed by atoms with Gasteiger partial charge in [-0.15, -0.1) is 0 Å². The van der Waals surface area contributed by atoms with Crippen LogP contribution in [-0.2, 0) is 16.4 Å². The molecule has 0 radical (unpaired) electrons. The maximum absolute atomic E-state index is 12.5. The Morgan fingerprint density at radius 1 is 1.04 bits per heavy atom. The fourth-order valence-electron chi connectivity index (χ4n) is 2.39. The molecule has 0 saturated carbocycles. The summed E-state index contributed by atoms with van der Waals surface area (Å²) in [6.45, 7) is 2.02. The number of aromatic nitrogens is 2. The van der Waals surface area contributed by atoms with E-state index in [9.17, 15) is 13.2 Å². The zero-order valence-electron chi connectivity index (χ0n) is 14.2. The van der Waals surface area contributed by atoms with Crippen LogP contribution in [0, 0.1) is 0 Å². The summed E-state index contributed by atoms with van der Waals surface area (Å²) in [4.78, 5) is 12.2. The third-order valence-electron chi connectivity index (χ3n) is 3.88. The van der Waals surface area contributed by atoms with E-state index in [2.05, 4.69) is 9.82 Å². The Morgan fingerprint density at radius 3 is 2.26 bits per heavy atom. The second kappa shape index (κ2) is 7.72. The van der Waals surface area contributed by atoms with Gasteiger partial charge < -0.3 is 0 Å². The van der Waals surface area contributed by atoms with Crippen molar-refractivity contribution in [3.05, 3.63) is 80.7 Å². The lowest BCUT2D eigenvalue weighted by Crippen LogP contribution is -2.21. The van der Waals surface area contributed by atoms with Crippen molar-refractivity contribution in [2.45, 2.75) is 18.2 Å². The van der Waals surface area contributed by atoms with Crippen LogP contribution in [-0.4, -0.2) is 18.2 Å². The van der Waals surface area contributed by atoms with Crippen molar-refractivity contribution in [2.75, 3.05) is 4.72 Å². The highest BCUT2D eigenvalue weighted by Crippen LogP contribution is 2.19. The highest BCUT2D eigenvalue weighted by atomic mass is 35.5. The lowest BCUT2D eigenvalue weighted by atomic mass is 10.2. The number of rotatable bonds is 5. The number of anilines is 1. The van der Waals surface area contributed by atoms with Crippen molar-refractivity contribution >= 4 is 38.9 Å². The molecule has 0 amide bonds. The number of sulfonamides is 1. The minimum absolute atomic E-state index is 0.0513. The Morgan fingerprint density at radius 2 is 1.67 bits per heavy atom. The van der Waals surface area contributed by atoms with E-state index in [0.29, 0.717) is 11.4 Å². The Kier molecular flexibility index (Phi) is 5.55. The van der Waals surface area contributed by atoms with Crippen LogP contribution in [0.5, 0.6) is 0 Å². The Labute approximate surface area is 166 Å². The summed E-state index contributed by atoms with van der Waals surface area (Å²) < 4.78 is 28.6. The van der Waals surface area contributed by atoms with E-state index in [-0.39, 0.29) is 14.9 Å². The van der Waals surface area contributed by atoms with Gasteiger partial charge in [0.2, 0.25) is 0 Å². The summed E-state index contributed by atoms with van der Waals surface area (Å²) >= 11 is 11.6. The largest absolute Gasteiger partial charge is 0.291 e. The summed E-state index contributed by atoms with van der Waals surface area (Å²) in [7, 11) is -3.76. The number of nitrogens with one attached hydrogen (secondary N) is 1. The first-order valence-electron chi connectivity index (χ1n) is 7.97. The predicted molar refractivity (Wildman–Crippen MR) is 106 cm³/mol. The summed E-state index contributed by atoms with van der Waals surface area (Å²) in [5.41, 5.74) is 1.36. The predicted octanol–water partition coefficient (Wildman–Crippen LogP) is 3.90. The quantitative estimate of drug-likeness (QED) is 0.674. The normalized spacial score (nSPS) is 11.4. The molecule has 1 N–H and O–H groups in total. The number of hydrogen-bond donors (Lipinski definition) is 1. The molecule has 0 aliphatic rings. The van der Waals surface area contributed by atoms with Gasteiger partial charge in [-0.3, -0.25) is 9.52 Å². The molecular weight excluding hydrogens is 409 g/mol. The summed E-state index contributed by atoms with van der Waals surface area (Å²) in [6.07, 6.45) is 2.12. The summed E-state index contributed by atoms with van der Waals surface area (Å²) in [5.74, 6) is 0. The van der Waals surface area contributed by atoms with Gasteiger partial charge in [-0.05, 0) is 48.4 Å². The molecule has 0 atom stereocenters. The molecule has 6 nitrogen and oxygen atoms in total. The minimum atomic E-state index is -3.76. The second-order valence-corrected chi connectivity index (χ2v) is 8.14. The monoisotopic (exact) mass is 423 g/mol. The van der Waals surface area contributed by atoms with E-state index >= 15 is 0 Å². The molecule has 0 aliphatic heterocycles. The van der Waals surface area contributed by atoms with Gasteiger partial charge in [0.1, 0.15) is 5.02 Å². The van der Waals surface area contributed by atoms with Crippen LogP contribution in [0.25, 0.3) is 5.69 Å². The fraction of sp³-hybridized carbons (Fsp3) is 0.111. The van der Waals surface area contributed by atoms with Gasteiger partial charge in [0.05, 0.1) is 21.8 Å². The molecule has 2 aromatic carbocycles. The van der Waals surface area contributed by atoms with Crippen molar-refractivity contribution in [2.24, 2.45) is 0 Å². The molecule has 3 rings (SSSR count). The molecule has 27 heavy (non-hydrogen) atoms. The zero-order valence-corrected chi connectivity index (χ0v) is 16.5. The molecular formula is C18H15Cl2N3O3S. The van der Waals surface area contributed by atoms with Crippen LogP contribution in [0.3, 0.4) is 0 Å². The Hall–Kier alpha value is -2.35. The van der Waals surface area contributed by atoms with Crippen molar-refractivity contribution in [3.63, 3.8) is 0 Å². The van der Waals surface area contributed by atoms with E-state index in [1.807, 2.05) is 19.1 Å². The van der Waals surface area contributed by atoms with Crippen molar-refractivity contribution < 1.29 is 8.42 Å². The average Bonchev–Trinajstić information content (AvgIpc) is 2.67. The summed E-state index contributed by atoms with van der Waals surface area (Å²) in [6, 6.07) is 12.9. The SMILES string of the molecule is CCc1ccc(NS(=O)(=O)c2ccc(-n3ncc(Cl)c(Cl)c3=O)cc2)cc1. The van der Waals surface area contributed by atoms with Gasteiger partial charge in [0.25, 0.3) is 15.6 Å². The maximum atomic E-state index is 12.5. The maximum Gasteiger partial charge on any atom is 0.291 e. The molecule has 1 heterocycles. The Bertz CT molecular complexity index is 1130. The third-order valence-corrected chi connectivity index (χ3v) is 6.03. The molecule has 0 unspecified atom stereocenters. The van der Waals surface area contributed by atoms with Crippen LogP contribution in [0.2, 0.25) is 10.0 Å². The molecule has 1 aromatic heterocycles. The van der Waals surface area contributed by atoms with Crippen LogP contribution < -0.4 is 10.3 Å². The average molecular weight is 424 g/mol. The highest BCUT2D eigenvalue weighted by Gasteiger charge is 2.15. The number of aryl methyl sites for hydroxylation is 1. The van der Waals surface area contributed by atoms with Crippen molar-refractivity contribution in [1.82, 2.24) is 9.78 Å². The third kappa shape index (κ3) is 4.16. The number of hydrogen-bond acceptors (Lipinski definition) is 4. The molecule has 140 valence electrons. The standard InChI is InChI=1S/C18H15Cl2N3O3S/c1-2-12-3-5-13(6-4-12)22-27(25,26)15-9-7-14(8-10-15)23-18(24)17(20)16(19)11-21-23/h3-11,22H,2H2,1H3. The fourth-order valence-corrected chi connectivity index (χ4v) is 3.70. The molecule has 0 bridgehead atoms. The van der Waals surface area contributed by atoms with Gasteiger partial charge in [0, 0.05) is 5.69 Å². The minimum Gasteiger partial charge on any atom is -0.280 e. The van der Waals surface area contributed by atoms with Gasteiger partial charge in [-0.25, -0.2) is 8.42 Å². The Balaban J connectivity index is 1.88. The second-order valence-electron chi connectivity index (χ2n) is 5.67. The molecule has 0 spiro atoms. The molecule has 0 fully saturated rings. The molecule has 9 heteroatoms. The smallest absolute Gasteiger partial charge is 0.280 e. The lowest BCUT2D eigenvalue weighted by Gasteiger charge is -2.10. The van der Waals surface area contributed by atoms with E-state index < -0.39 is 15.6 Å². The highest BCUT2D eigenvalue weighted by molar-refractivity contribution is 7.92. The van der Waals surface area contributed by atoms with Crippen molar-refractivity contribution in [1.29, 1.82) is 0 Å². The first-order chi connectivity index (χ1) is 12.8. The molecule has 3 aromatic rings. The lowest BCUT2D eigenvalue weighted by molar-refractivity contribution is 0.601. The summed E-state index contributed by atoms with van der Waals surface area (Å²) in [5, 5.41) is 3.81. The van der Waals surface area contributed by atoms with Crippen LogP contribution >= 0.6 is 23.2 Å². The topological polar surface area (TPSA) is 81.1 Å². The van der Waals surface area contributed by atoms with Gasteiger partial charge in [0.15, 0.2) is 0 Å². The van der Waals surface area contributed by atoms with Gasteiger partial charge in [-0.1, -0.05) is 42.3 Å². The van der Waals surface area contributed by atoms with E-state index in [1.54, 1.807) is 12.1 Å². The van der Waals surface area contributed by atoms with E-state index in [1.165, 1.54) is 30.5 Å². The van der Waals surface area contributed by atoms with E-state index in [0.717, 1.165) is 16.7 Å². The first-order valence-corrected chi connectivity index (χ1v) is 10.2. The van der Waals surface area contributed by atoms with Crippen molar-refractivity contribution in [3.8, 4) is 5.69 Å². The number of benzene rings is 2. The number of halogens is 2. The zero-order chi connectivity index (χ0) is 19.6. The van der Waals surface area contributed by atoms with Crippen LogP contribution in [0.1, 0.15) is 12.5 Å². The van der Waals surface area contributed by atoms with Gasteiger partial charge in [-0.2, -0.15) is 9.78 Å². The van der Waals surface area contributed by atoms with Crippen LogP contribution in [0.4, 0.5) is 5.69 Å².